The molecular weight excluding hydrogens is 286 g/mol. The quantitative estimate of drug-likeness (QED) is 0.875. The Morgan fingerprint density at radius 1 is 1.27 bits per heavy atom. The highest BCUT2D eigenvalue weighted by Gasteiger charge is 2.40. The van der Waals surface area contributed by atoms with Gasteiger partial charge < -0.3 is 25.1 Å². The zero-order valence-electron chi connectivity index (χ0n) is 13.0. The summed E-state index contributed by atoms with van der Waals surface area (Å²) in [7, 11) is 1.60. The van der Waals surface area contributed by atoms with E-state index in [1.807, 2.05) is 13.8 Å². The van der Waals surface area contributed by atoms with Crippen molar-refractivity contribution in [2.75, 3.05) is 13.7 Å². The van der Waals surface area contributed by atoms with E-state index in [9.17, 15) is 9.90 Å². The van der Waals surface area contributed by atoms with Gasteiger partial charge in [-0.05, 0) is 13.8 Å². The number of carboxylic acids is 1. The van der Waals surface area contributed by atoms with Crippen LogP contribution < -0.4 is 19.9 Å². The van der Waals surface area contributed by atoms with Gasteiger partial charge in [0, 0.05) is 36.1 Å². The van der Waals surface area contributed by atoms with Crippen molar-refractivity contribution < 1.29 is 24.1 Å². The van der Waals surface area contributed by atoms with E-state index in [1.165, 1.54) is 0 Å². The molecule has 3 atom stereocenters. The van der Waals surface area contributed by atoms with E-state index >= 15 is 0 Å². The van der Waals surface area contributed by atoms with E-state index < -0.39 is 11.9 Å². The number of nitrogens with two attached hydrogens (primary N) is 1. The van der Waals surface area contributed by atoms with Crippen LogP contribution in [0.5, 0.6) is 17.2 Å². The Morgan fingerprint density at radius 3 is 2.41 bits per heavy atom. The van der Waals surface area contributed by atoms with Crippen LogP contribution >= 0.6 is 0 Å². The molecule has 6 heteroatoms. The zero-order chi connectivity index (χ0) is 16.0. The van der Waals surface area contributed by atoms with Gasteiger partial charge in [0.05, 0.1) is 13.0 Å². The van der Waals surface area contributed by atoms with Crippen LogP contribution in [0.2, 0.25) is 0 Å². The highest BCUT2D eigenvalue weighted by atomic mass is 16.5. The molecule has 0 saturated carbocycles. The highest BCUT2D eigenvalue weighted by molar-refractivity contribution is 5.81. The third-order valence-corrected chi connectivity index (χ3v) is 4.31. The zero-order valence-corrected chi connectivity index (χ0v) is 13.0. The average molecular weight is 307 g/mol. The molecule has 6 nitrogen and oxygen atoms in total. The van der Waals surface area contributed by atoms with Crippen molar-refractivity contribution in [2.24, 2.45) is 5.73 Å². The fourth-order valence-corrected chi connectivity index (χ4v) is 3.43. The van der Waals surface area contributed by atoms with Gasteiger partial charge >= 0.3 is 5.97 Å². The minimum absolute atomic E-state index is 0.0187. The predicted octanol–water partition coefficient (Wildman–Crippen LogP) is 1.47. The fraction of sp³-hybridized carbons (Fsp3) is 0.562. The summed E-state index contributed by atoms with van der Waals surface area (Å²) in [5.41, 5.74) is 8.13. The summed E-state index contributed by atoms with van der Waals surface area (Å²) in [5.74, 6) is 0.204. The Kier molecular flexibility index (Phi) is 3.64. The molecule has 3 N–H and O–H groups in total. The lowest BCUT2D eigenvalue weighted by molar-refractivity contribution is -0.138. The third kappa shape index (κ3) is 2.09. The second-order valence-electron chi connectivity index (χ2n) is 5.95. The number of ether oxygens (including phenoxy) is 3. The maximum absolute atomic E-state index is 11.6. The van der Waals surface area contributed by atoms with Crippen LogP contribution in [0.4, 0.5) is 0 Å². The van der Waals surface area contributed by atoms with Gasteiger partial charge in [-0.1, -0.05) is 0 Å². The Balaban J connectivity index is 2.28. The van der Waals surface area contributed by atoms with Crippen LogP contribution in [0.3, 0.4) is 0 Å². The van der Waals surface area contributed by atoms with Crippen LogP contribution in [-0.2, 0) is 17.6 Å². The van der Waals surface area contributed by atoms with Crippen LogP contribution in [0, 0.1) is 0 Å². The number of rotatable bonds is 4. The molecular formula is C16H21NO5. The lowest BCUT2D eigenvalue weighted by Crippen LogP contribution is -2.23. The SMILES string of the molecule is COc1c2c(c(C(CN)C(=O)O)c3c1OC(C)C3)OC(C)C2. The third-order valence-electron chi connectivity index (χ3n) is 4.31. The fourth-order valence-electron chi connectivity index (χ4n) is 3.43. The molecule has 3 unspecified atom stereocenters. The maximum atomic E-state index is 11.6. The molecule has 0 saturated heterocycles. The lowest BCUT2D eigenvalue weighted by atomic mass is 9.88. The Labute approximate surface area is 129 Å². The highest BCUT2D eigenvalue weighted by Crippen LogP contribution is 2.52. The molecule has 0 fully saturated rings. The van der Waals surface area contributed by atoms with Crippen LogP contribution in [-0.4, -0.2) is 36.9 Å². The number of carbonyl (C=O) groups is 1. The number of hydrogen-bond donors (Lipinski definition) is 2. The van der Waals surface area contributed by atoms with E-state index in [0.29, 0.717) is 35.7 Å². The first-order valence-corrected chi connectivity index (χ1v) is 7.49. The Bertz CT molecular complexity index is 588. The van der Waals surface area contributed by atoms with Crippen molar-refractivity contribution >= 4 is 5.97 Å². The van der Waals surface area contributed by atoms with E-state index in [2.05, 4.69) is 0 Å². The minimum atomic E-state index is -0.945. The number of carboxylic acid groups (broad SMARTS) is 1. The molecule has 2 aliphatic heterocycles. The van der Waals surface area contributed by atoms with E-state index in [-0.39, 0.29) is 18.8 Å². The molecule has 22 heavy (non-hydrogen) atoms. The standard InChI is InChI=1S/C16H21NO5/c1-7-4-9-12(11(6-17)16(18)19)13-10(5-8(2)21-13)14(20-3)15(9)22-7/h7-8,11H,4-6,17H2,1-3H3,(H,18,19). The minimum Gasteiger partial charge on any atom is -0.492 e. The van der Waals surface area contributed by atoms with Gasteiger partial charge in [0.1, 0.15) is 18.0 Å². The maximum Gasteiger partial charge on any atom is 0.312 e. The molecule has 0 amide bonds. The normalized spacial score (nSPS) is 23.3. The lowest BCUT2D eigenvalue weighted by Gasteiger charge is -2.20. The molecule has 2 aliphatic rings. The summed E-state index contributed by atoms with van der Waals surface area (Å²) in [6, 6.07) is 0. The number of benzene rings is 1. The van der Waals surface area contributed by atoms with Crippen molar-refractivity contribution in [1.29, 1.82) is 0 Å². The summed E-state index contributed by atoms with van der Waals surface area (Å²) in [6.07, 6.45) is 1.27. The van der Waals surface area contributed by atoms with Crippen LogP contribution in [0.1, 0.15) is 36.5 Å². The average Bonchev–Trinajstić information content (AvgIpc) is 3.00. The summed E-state index contributed by atoms with van der Waals surface area (Å²) in [6.45, 7) is 3.93. The van der Waals surface area contributed by atoms with E-state index in [1.54, 1.807) is 7.11 Å². The molecule has 3 rings (SSSR count). The molecule has 0 radical (unpaired) electrons. The molecule has 1 aromatic rings. The van der Waals surface area contributed by atoms with Crippen molar-refractivity contribution in [2.45, 2.75) is 44.8 Å². The summed E-state index contributed by atoms with van der Waals surface area (Å²) < 4.78 is 17.4. The van der Waals surface area contributed by atoms with Gasteiger partial charge in [-0.2, -0.15) is 0 Å². The van der Waals surface area contributed by atoms with Gasteiger partial charge in [-0.25, -0.2) is 0 Å². The van der Waals surface area contributed by atoms with Crippen molar-refractivity contribution in [3.63, 3.8) is 0 Å². The van der Waals surface area contributed by atoms with E-state index in [0.717, 1.165) is 11.1 Å². The second-order valence-corrected chi connectivity index (χ2v) is 5.95. The smallest absolute Gasteiger partial charge is 0.312 e. The van der Waals surface area contributed by atoms with Crippen LogP contribution in [0.25, 0.3) is 0 Å². The summed E-state index contributed by atoms with van der Waals surface area (Å²) >= 11 is 0. The molecule has 0 aromatic heterocycles. The van der Waals surface area contributed by atoms with Crippen molar-refractivity contribution in [3.8, 4) is 17.2 Å². The largest absolute Gasteiger partial charge is 0.492 e. The summed E-state index contributed by atoms with van der Waals surface area (Å²) in [5, 5.41) is 9.54. The number of fused-ring (bicyclic) bond motifs is 2. The van der Waals surface area contributed by atoms with Gasteiger partial charge in [-0.15, -0.1) is 0 Å². The van der Waals surface area contributed by atoms with Gasteiger partial charge in [0.25, 0.3) is 0 Å². The number of methoxy groups -OCH3 is 1. The number of hydrogen-bond acceptors (Lipinski definition) is 5. The first-order valence-electron chi connectivity index (χ1n) is 7.49. The van der Waals surface area contributed by atoms with Crippen molar-refractivity contribution in [1.82, 2.24) is 0 Å². The second kappa shape index (κ2) is 5.35. The van der Waals surface area contributed by atoms with Crippen molar-refractivity contribution in [3.05, 3.63) is 16.7 Å². The topological polar surface area (TPSA) is 91.0 Å². The van der Waals surface area contributed by atoms with Gasteiger partial charge in [-0.3, -0.25) is 4.79 Å². The summed E-state index contributed by atoms with van der Waals surface area (Å²) in [4.78, 5) is 11.6. The van der Waals surface area contributed by atoms with Gasteiger partial charge in [0.2, 0.25) is 0 Å². The molecule has 0 spiro atoms. The molecule has 2 heterocycles. The van der Waals surface area contributed by atoms with E-state index in [4.69, 9.17) is 19.9 Å². The monoisotopic (exact) mass is 307 g/mol. The first-order chi connectivity index (χ1) is 10.5. The first kappa shape index (κ1) is 15.0. The molecule has 120 valence electrons. The Morgan fingerprint density at radius 2 is 1.86 bits per heavy atom. The number of aliphatic carboxylic acids is 1. The van der Waals surface area contributed by atoms with Crippen LogP contribution in [0.15, 0.2) is 0 Å². The molecule has 0 aliphatic carbocycles. The molecule has 1 aromatic carbocycles. The van der Waals surface area contributed by atoms with Gasteiger partial charge in [0.15, 0.2) is 11.5 Å². The predicted molar refractivity (Wildman–Crippen MR) is 80.0 cm³/mol. The Hall–Kier alpha value is -1.95. The molecule has 0 bridgehead atoms.